The first kappa shape index (κ1) is 19.7. The molecule has 1 heterocycles. The molecule has 0 saturated carbocycles. The van der Waals surface area contributed by atoms with Gasteiger partial charge in [-0.05, 0) is 24.5 Å². The Labute approximate surface area is 148 Å². The Balaban J connectivity index is 0.00000264. The summed E-state index contributed by atoms with van der Waals surface area (Å²) in [4.78, 5) is 26.7. The SMILES string of the molecule is CC(C)C(NC(=O)c1ccccc1Cl)C(=O)N1CC[C@@H](N)C1.Cl. The molecule has 0 aromatic heterocycles. The van der Waals surface area contributed by atoms with Crippen LogP contribution in [0.1, 0.15) is 30.6 Å². The molecule has 128 valence electrons. The average Bonchev–Trinajstić information content (AvgIpc) is 2.90. The van der Waals surface area contributed by atoms with Crippen LogP contribution in [0.25, 0.3) is 0 Å². The summed E-state index contributed by atoms with van der Waals surface area (Å²) in [6, 6.07) is 6.25. The van der Waals surface area contributed by atoms with Crippen molar-refractivity contribution in [3.8, 4) is 0 Å². The van der Waals surface area contributed by atoms with E-state index in [-0.39, 0.29) is 36.2 Å². The molecule has 23 heavy (non-hydrogen) atoms. The summed E-state index contributed by atoms with van der Waals surface area (Å²) in [5.41, 5.74) is 6.23. The smallest absolute Gasteiger partial charge is 0.253 e. The van der Waals surface area contributed by atoms with Gasteiger partial charge in [0.2, 0.25) is 5.91 Å². The van der Waals surface area contributed by atoms with Crippen LogP contribution in [0.3, 0.4) is 0 Å². The number of nitrogens with two attached hydrogens (primary N) is 1. The molecule has 2 amide bonds. The van der Waals surface area contributed by atoms with Gasteiger partial charge in [-0.25, -0.2) is 0 Å². The highest BCUT2D eigenvalue weighted by Crippen LogP contribution is 2.17. The second kappa shape index (κ2) is 8.52. The molecule has 1 aliphatic heterocycles. The van der Waals surface area contributed by atoms with Gasteiger partial charge in [-0.15, -0.1) is 12.4 Å². The van der Waals surface area contributed by atoms with E-state index in [2.05, 4.69) is 5.32 Å². The van der Waals surface area contributed by atoms with E-state index in [1.165, 1.54) is 0 Å². The Hall–Kier alpha value is -1.30. The van der Waals surface area contributed by atoms with Crippen molar-refractivity contribution in [3.05, 3.63) is 34.9 Å². The fourth-order valence-electron chi connectivity index (χ4n) is 2.56. The van der Waals surface area contributed by atoms with Gasteiger partial charge in [-0.2, -0.15) is 0 Å². The Morgan fingerprint density at radius 1 is 1.35 bits per heavy atom. The number of hydrogen-bond acceptors (Lipinski definition) is 3. The normalized spacial score (nSPS) is 18.5. The summed E-state index contributed by atoms with van der Waals surface area (Å²) in [7, 11) is 0. The predicted octanol–water partition coefficient (Wildman–Crippen LogP) is 2.08. The van der Waals surface area contributed by atoms with Crippen molar-refractivity contribution in [2.45, 2.75) is 32.4 Å². The molecular formula is C16H23Cl2N3O2. The molecule has 1 aromatic carbocycles. The van der Waals surface area contributed by atoms with Gasteiger partial charge in [-0.1, -0.05) is 37.6 Å². The minimum atomic E-state index is -0.575. The quantitative estimate of drug-likeness (QED) is 0.863. The first-order valence-electron chi connectivity index (χ1n) is 7.50. The van der Waals surface area contributed by atoms with Crippen molar-refractivity contribution in [2.75, 3.05) is 13.1 Å². The van der Waals surface area contributed by atoms with E-state index in [1.54, 1.807) is 29.2 Å². The van der Waals surface area contributed by atoms with Crippen molar-refractivity contribution >= 4 is 35.8 Å². The lowest BCUT2D eigenvalue weighted by Crippen LogP contribution is -2.51. The van der Waals surface area contributed by atoms with Crippen molar-refractivity contribution in [1.29, 1.82) is 0 Å². The lowest BCUT2D eigenvalue weighted by Gasteiger charge is -2.27. The zero-order chi connectivity index (χ0) is 16.3. The highest BCUT2D eigenvalue weighted by molar-refractivity contribution is 6.33. The number of nitrogens with one attached hydrogen (secondary N) is 1. The van der Waals surface area contributed by atoms with E-state index in [4.69, 9.17) is 17.3 Å². The molecule has 0 spiro atoms. The Morgan fingerprint density at radius 2 is 2.00 bits per heavy atom. The molecule has 1 aromatic rings. The number of nitrogens with zero attached hydrogens (tertiary/aromatic N) is 1. The first-order chi connectivity index (χ1) is 10.4. The largest absolute Gasteiger partial charge is 0.340 e. The van der Waals surface area contributed by atoms with Crippen LogP contribution in [0.2, 0.25) is 5.02 Å². The van der Waals surface area contributed by atoms with Crippen LogP contribution < -0.4 is 11.1 Å². The van der Waals surface area contributed by atoms with Crippen LogP contribution in [0.4, 0.5) is 0 Å². The Bertz CT molecular complexity index is 566. The molecule has 0 radical (unpaired) electrons. The maximum Gasteiger partial charge on any atom is 0.253 e. The van der Waals surface area contributed by atoms with E-state index in [9.17, 15) is 9.59 Å². The maximum absolute atomic E-state index is 12.6. The van der Waals surface area contributed by atoms with Gasteiger partial charge in [0.15, 0.2) is 0 Å². The summed E-state index contributed by atoms with van der Waals surface area (Å²) in [5, 5.41) is 3.18. The van der Waals surface area contributed by atoms with Crippen LogP contribution in [0.15, 0.2) is 24.3 Å². The van der Waals surface area contributed by atoms with Crippen molar-refractivity contribution in [2.24, 2.45) is 11.7 Å². The van der Waals surface area contributed by atoms with Crippen LogP contribution in [-0.2, 0) is 4.79 Å². The molecule has 3 N–H and O–H groups in total. The molecule has 5 nitrogen and oxygen atoms in total. The average molecular weight is 360 g/mol. The molecule has 0 bridgehead atoms. The molecule has 1 aliphatic rings. The predicted molar refractivity (Wildman–Crippen MR) is 94.0 cm³/mol. The van der Waals surface area contributed by atoms with E-state index in [1.807, 2.05) is 13.8 Å². The van der Waals surface area contributed by atoms with Gasteiger partial charge in [0, 0.05) is 19.1 Å². The Morgan fingerprint density at radius 3 is 2.52 bits per heavy atom. The van der Waals surface area contributed by atoms with Crippen molar-refractivity contribution < 1.29 is 9.59 Å². The highest BCUT2D eigenvalue weighted by atomic mass is 35.5. The summed E-state index contributed by atoms with van der Waals surface area (Å²) in [6.45, 7) is 5.01. The van der Waals surface area contributed by atoms with Gasteiger partial charge < -0.3 is 16.0 Å². The van der Waals surface area contributed by atoms with Crippen LogP contribution in [0, 0.1) is 5.92 Å². The van der Waals surface area contributed by atoms with E-state index in [0.29, 0.717) is 23.7 Å². The molecule has 1 unspecified atom stereocenters. The van der Waals surface area contributed by atoms with Gasteiger partial charge in [0.25, 0.3) is 5.91 Å². The lowest BCUT2D eigenvalue weighted by atomic mass is 10.0. The summed E-state index contributed by atoms with van der Waals surface area (Å²) in [6.07, 6.45) is 0.801. The zero-order valence-corrected chi connectivity index (χ0v) is 14.9. The summed E-state index contributed by atoms with van der Waals surface area (Å²) in [5.74, 6) is -0.430. The molecular weight excluding hydrogens is 337 g/mol. The third-order valence-electron chi connectivity index (χ3n) is 3.87. The van der Waals surface area contributed by atoms with Gasteiger partial charge >= 0.3 is 0 Å². The summed E-state index contributed by atoms with van der Waals surface area (Å²) < 4.78 is 0. The minimum absolute atomic E-state index is 0. The fourth-order valence-corrected chi connectivity index (χ4v) is 2.78. The number of carbonyl (C=O) groups excluding carboxylic acids is 2. The van der Waals surface area contributed by atoms with E-state index in [0.717, 1.165) is 6.42 Å². The van der Waals surface area contributed by atoms with Crippen molar-refractivity contribution in [1.82, 2.24) is 10.2 Å². The molecule has 1 saturated heterocycles. The Kier molecular flexibility index (Phi) is 7.32. The number of benzene rings is 1. The van der Waals surface area contributed by atoms with Crippen LogP contribution in [0.5, 0.6) is 0 Å². The lowest BCUT2D eigenvalue weighted by molar-refractivity contribution is -0.133. The van der Waals surface area contributed by atoms with Gasteiger partial charge in [0.05, 0.1) is 10.6 Å². The zero-order valence-electron chi connectivity index (χ0n) is 13.3. The van der Waals surface area contributed by atoms with E-state index >= 15 is 0 Å². The molecule has 7 heteroatoms. The third kappa shape index (κ3) is 4.83. The number of carbonyl (C=O) groups is 2. The topological polar surface area (TPSA) is 75.4 Å². The number of likely N-dealkylation sites (tertiary alicyclic amines) is 1. The number of rotatable bonds is 4. The van der Waals surface area contributed by atoms with Crippen molar-refractivity contribution in [3.63, 3.8) is 0 Å². The standard InChI is InChI=1S/C16H22ClN3O2.ClH/c1-10(2)14(16(22)20-8-7-11(18)9-20)19-15(21)12-5-3-4-6-13(12)17;/h3-6,10-11,14H,7-9,18H2,1-2H3,(H,19,21);1H/t11-,14?;/m1./s1. The van der Waals surface area contributed by atoms with Gasteiger partial charge in [0.1, 0.15) is 6.04 Å². The van der Waals surface area contributed by atoms with E-state index < -0.39 is 6.04 Å². The number of hydrogen-bond donors (Lipinski definition) is 2. The van der Waals surface area contributed by atoms with Crippen LogP contribution in [-0.4, -0.2) is 41.9 Å². The number of halogens is 2. The summed E-state index contributed by atoms with van der Waals surface area (Å²) >= 11 is 6.04. The first-order valence-corrected chi connectivity index (χ1v) is 7.87. The second-order valence-corrected chi connectivity index (χ2v) is 6.42. The van der Waals surface area contributed by atoms with Gasteiger partial charge in [-0.3, -0.25) is 9.59 Å². The van der Waals surface area contributed by atoms with Crippen LogP contribution >= 0.6 is 24.0 Å². The maximum atomic E-state index is 12.6. The highest BCUT2D eigenvalue weighted by Gasteiger charge is 2.32. The molecule has 2 atom stereocenters. The molecule has 0 aliphatic carbocycles. The fraction of sp³-hybridized carbons (Fsp3) is 0.500. The monoisotopic (exact) mass is 359 g/mol. The second-order valence-electron chi connectivity index (χ2n) is 6.01. The minimum Gasteiger partial charge on any atom is -0.340 e. The molecule has 1 fully saturated rings. The number of amides is 2. The molecule has 2 rings (SSSR count). The third-order valence-corrected chi connectivity index (χ3v) is 4.20.